The molecule has 7 heteroatoms. The molecule has 1 fully saturated rings. The van der Waals surface area contributed by atoms with Gasteiger partial charge in [-0.2, -0.15) is 15.0 Å². The first kappa shape index (κ1) is 12.8. The van der Waals surface area contributed by atoms with Crippen molar-refractivity contribution in [3.05, 3.63) is 0 Å². The van der Waals surface area contributed by atoms with E-state index in [-0.39, 0.29) is 6.01 Å². The highest BCUT2D eigenvalue weighted by atomic mass is 16.5. The van der Waals surface area contributed by atoms with E-state index in [0.29, 0.717) is 23.9 Å². The fourth-order valence-electron chi connectivity index (χ4n) is 2.31. The Kier molecular flexibility index (Phi) is 3.81. The number of ether oxygens (including phenoxy) is 1. The number of hydrogen-bond acceptors (Lipinski definition) is 7. The second-order valence-electron chi connectivity index (χ2n) is 4.78. The van der Waals surface area contributed by atoms with E-state index in [4.69, 9.17) is 10.6 Å². The summed E-state index contributed by atoms with van der Waals surface area (Å²) in [5, 5.41) is 3.33. The fraction of sp³-hybridized carbons (Fsp3) is 0.727. The largest absolute Gasteiger partial charge is 0.467 e. The Labute approximate surface area is 107 Å². The van der Waals surface area contributed by atoms with Crippen LogP contribution in [0.2, 0.25) is 0 Å². The molecule has 18 heavy (non-hydrogen) atoms. The van der Waals surface area contributed by atoms with Gasteiger partial charge < -0.3 is 10.1 Å². The Morgan fingerprint density at radius 1 is 1.17 bits per heavy atom. The number of nitrogens with two attached hydrogens (primary N) is 1. The van der Waals surface area contributed by atoms with E-state index in [9.17, 15) is 0 Å². The third-order valence-corrected chi connectivity index (χ3v) is 3.71. The average Bonchev–Trinajstić information content (AvgIpc) is 2.70. The molecule has 1 aromatic rings. The van der Waals surface area contributed by atoms with Gasteiger partial charge in [0.2, 0.25) is 11.9 Å². The molecule has 2 rings (SSSR count). The molecule has 1 aliphatic rings. The standard InChI is InChI=1S/C11H20N6O/c1-6-4-5-8(7(6)2)13-9-14-10(17-12)16-11(15-9)18-3/h6-8H,4-5,12H2,1-3H3,(H2,13,14,15,16,17). The number of hydrazine groups is 1. The zero-order valence-corrected chi connectivity index (χ0v) is 11.0. The first-order valence-electron chi connectivity index (χ1n) is 6.17. The molecule has 0 amide bonds. The lowest BCUT2D eigenvalue weighted by atomic mass is 9.98. The summed E-state index contributed by atoms with van der Waals surface area (Å²) in [6, 6.07) is 0.636. The van der Waals surface area contributed by atoms with Gasteiger partial charge in [-0.25, -0.2) is 5.84 Å². The van der Waals surface area contributed by atoms with Gasteiger partial charge in [-0.15, -0.1) is 0 Å². The van der Waals surface area contributed by atoms with Crippen LogP contribution < -0.4 is 21.3 Å². The Morgan fingerprint density at radius 2 is 1.89 bits per heavy atom. The number of nitrogens with one attached hydrogen (secondary N) is 2. The van der Waals surface area contributed by atoms with Crippen molar-refractivity contribution in [2.45, 2.75) is 32.7 Å². The predicted molar refractivity (Wildman–Crippen MR) is 69.2 cm³/mol. The normalized spacial score (nSPS) is 27.0. The lowest BCUT2D eigenvalue weighted by molar-refractivity contribution is 0.378. The lowest BCUT2D eigenvalue weighted by Crippen LogP contribution is -2.26. The van der Waals surface area contributed by atoms with Crippen LogP contribution in [0.3, 0.4) is 0 Å². The van der Waals surface area contributed by atoms with Gasteiger partial charge in [0.15, 0.2) is 0 Å². The minimum absolute atomic E-state index is 0.249. The van der Waals surface area contributed by atoms with Crippen LogP contribution in [0.1, 0.15) is 26.7 Å². The van der Waals surface area contributed by atoms with E-state index in [1.54, 1.807) is 0 Å². The van der Waals surface area contributed by atoms with Crippen LogP contribution in [0.25, 0.3) is 0 Å². The number of hydrogen-bond donors (Lipinski definition) is 3. The molecule has 3 unspecified atom stereocenters. The summed E-state index contributed by atoms with van der Waals surface area (Å²) < 4.78 is 5.01. The van der Waals surface area contributed by atoms with E-state index < -0.39 is 0 Å². The molecule has 1 heterocycles. The second-order valence-corrected chi connectivity index (χ2v) is 4.78. The minimum Gasteiger partial charge on any atom is -0.467 e. The summed E-state index contributed by atoms with van der Waals surface area (Å²) in [4.78, 5) is 12.3. The maximum atomic E-state index is 5.31. The zero-order chi connectivity index (χ0) is 13.1. The molecule has 1 aromatic heterocycles. The number of nitrogen functional groups attached to an aromatic ring is 1. The third-order valence-electron chi connectivity index (χ3n) is 3.71. The maximum Gasteiger partial charge on any atom is 0.322 e. The summed E-state index contributed by atoms with van der Waals surface area (Å²) in [5.74, 6) is 7.43. The molecule has 1 aliphatic carbocycles. The van der Waals surface area contributed by atoms with E-state index in [0.717, 1.165) is 12.3 Å². The Hall–Kier alpha value is -1.63. The summed E-state index contributed by atoms with van der Waals surface area (Å²) in [5.41, 5.74) is 2.40. The average molecular weight is 252 g/mol. The quantitative estimate of drug-likeness (QED) is 0.543. The molecule has 0 saturated heterocycles. The Morgan fingerprint density at radius 3 is 2.44 bits per heavy atom. The highest BCUT2D eigenvalue weighted by Crippen LogP contribution is 2.32. The first-order chi connectivity index (χ1) is 8.63. The molecule has 3 atom stereocenters. The van der Waals surface area contributed by atoms with Gasteiger partial charge in [0, 0.05) is 6.04 Å². The van der Waals surface area contributed by atoms with Crippen molar-refractivity contribution in [3.8, 4) is 6.01 Å². The number of anilines is 2. The van der Waals surface area contributed by atoms with E-state index in [2.05, 4.69) is 39.5 Å². The van der Waals surface area contributed by atoms with Gasteiger partial charge in [0.1, 0.15) is 0 Å². The summed E-state index contributed by atoms with van der Waals surface area (Å²) in [6.07, 6.45) is 2.35. The molecule has 1 saturated carbocycles. The molecule has 4 N–H and O–H groups in total. The van der Waals surface area contributed by atoms with Gasteiger partial charge in [-0.1, -0.05) is 13.8 Å². The monoisotopic (exact) mass is 252 g/mol. The van der Waals surface area contributed by atoms with Crippen LogP contribution in [0.15, 0.2) is 0 Å². The summed E-state index contributed by atoms with van der Waals surface area (Å²) in [7, 11) is 1.51. The van der Waals surface area contributed by atoms with E-state index in [1.165, 1.54) is 13.5 Å². The molecule has 0 spiro atoms. The molecule has 0 aromatic carbocycles. The van der Waals surface area contributed by atoms with Crippen LogP contribution >= 0.6 is 0 Å². The fourth-order valence-corrected chi connectivity index (χ4v) is 2.31. The van der Waals surface area contributed by atoms with Gasteiger partial charge in [-0.05, 0) is 24.7 Å². The van der Waals surface area contributed by atoms with Crippen molar-refractivity contribution in [3.63, 3.8) is 0 Å². The molecule has 7 nitrogen and oxygen atoms in total. The van der Waals surface area contributed by atoms with Gasteiger partial charge in [-0.3, -0.25) is 5.43 Å². The Balaban J connectivity index is 2.13. The van der Waals surface area contributed by atoms with Crippen molar-refractivity contribution in [2.24, 2.45) is 17.7 Å². The van der Waals surface area contributed by atoms with Gasteiger partial charge in [0.25, 0.3) is 0 Å². The van der Waals surface area contributed by atoms with Crippen LogP contribution in [0.5, 0.6) is 6.01 Å². The number of aromatic nitrogens is 3. The second kappa shape index (κ2) is 5.34. The topological polar surface area (TPSA) is 98.0 Å². The SMILES string of the molecule is COc1nc(NN)nc(NC2CCC(C)C2C)n1. The Bertz CT molecular complexity index is 390. The molecule has 0 aliphatic heterocycles. The van der Waals surface area contributed by atoms with Crippen molar-refractivity contribution >= 4 is 11.9 Å². The third kappa shape index (κ3) is 2.61. The maximum absolute atomic E-state index is 5.31. The predicted octanol–water partition coefficient (Wildman–Crippen LogP) is 1.01. The van der Waals surface area contributed by atoms with Crippen LogP contribution in [-0.2, 0) is 0 Å². The zero-order valence-electron chi connectivity index (χ0n) is 11.0. The van der Waals surface area contributed by atoms with Crippen molar-refractivity contribution in [1.82, 2.24) is 15.0 Å². The van der Waals surface area contributed by atoms with Gasteiger partial charge >= 0.3 is 6.01 Å². The van der Waals surface area contributed by atoms with Crippen LogP contribution in [0, 0.1) is 11.8 Å². The summed E-state index contributed by atoms with van der Waals surface area (Å²) in [6.45, 7) is 4.52. The van der Waals surface area contributed by atoms with Gasteiger partial charge in [0.05, 0.1) is 7.11 Å². The van der Waals surface area contributed by atoms with Crippen molar-refractivity contribution in [1.29, 1.82) is 0 Å². The van der Waals surface area contributed by atoms with E-state index in [1.807, 2.05) is 0 Å². The molecular weight excluding hydrogens is 232 g/mol. The first-order valence-corrected chi connectivity index (χ1v) is 6.17. The number of rotatable bonds is 4. The molecule has 0 bridgehead atoms. The molecular formula is C11H20N6O. The lowest BCUT2D eigenvalue weighted by Gasteiger charge is -2.19. The highest BCUT2D eigenvalue weighted by Gasteiger charge is 2.30. The van der Waals surface area contributed by atoms with E-state index >= 15 is 0 Å². The highest BCUT2D eigenvalue weighted by molar-refractivity contribution is 5.36. The minimum atomic E-state index is 0.249. The number of nitrogens with zero attached hydrogens (tertiary/aromatic N) is 3. The number of methoxy groups -OCH3 is 1. The van der Waals surface area contributed by atoms with Crippen LogP contribution in [-0.4, -0.2) is 28.1 Å². The molecule has 100 valence electrons. The smallest absolute Gasteiger partial charge is 0.322 e. The van der Waals surface area contributed by atoms with Crippen molar-refractivity contribution in [2.75, 3.05) is 17.9 Å². The van der Waals surface area contributed by atoms with Crippen LogP contribution in [0.4, 0.5) is 11.9 Å². The summed E-state index contributed by atoms with van der Waals surface area (Å²) >= 11 is 0. The van der Waals surface area contributed by atoms with Crippen molar-refractivity contribution < 1.29 is 4.74 Å². The molecule has 0 radical (unpaired) electrons.